The number of nitrogens with one attached hydrogen (secondary N) is 1. The van der Waals surface area contributed by atoms with Gasteiger partial charge >= 0.3 is 0 Å². The van der Waals surface area contributed by atoms with Crippen LogP contribution in [0.1, 0.15) is 52.1 Å². The van der Waals surface area contributed by atoms with Crippen molar-refractivity contribution in [3.8, 4) is 5.75 Å². The summed E-state index contributed by atoms with van der Waals surface area (Å²) < 4.78 is 5.57. The van der Waals surface area contributed by atoms with E-state index < -0.39 is 0 Å². The van der Waals surface area contributed by atoms with Gasteiger partial charge < -0.3 is 10.1 Å². The first-order valence-corrected chi connectivity index (χ1v) is 8.65. The van der Waals surface area contributed by atoms with Gasteiger partial charge in [-0.3, -0.25) is 0 Å². The molecule has 0 saturated heterocycles. The molecule has 114 valence electrons. The molecule has 0 spiro atoms. The second-order valence-electron chi connectivity index (χ2n) is 5.37. The van der Waals surface area contributed by atoms with Crippen molar-refractivity contribution in [2.45, 2.75) is 51.5 Å². The fourth-order valence-corrected chi connectivity index (χ4v) is 3.37. The molecule has 0 saturated carbocycles. The molecule has 1 aromatic carbocycles. The highest BCUT2D eigenvalue weighted by molar-refractivity contribution is 7.99. The molecule has 0 aliphatic carbocycles. The van der Waals surface area contributed by atoms with Crippen LogP contribution >= 0.6 is 11.8 Å². The average molecular weight is 295 g/mol. The first-order valence-electron chi connectivity index (χ1n) is 7.67. The number of methoxy groups -OCH3 is 1. The normalized spacial score (nSPS) is 14.1. The van der Waals surface area contributed by atoms with Gasteiger partial charge in [-0.2, -0.15) is 0 Å². The minimum Gasteiger partial charge on any atom is -0.496 e. The Morgan fingerprint density at radius 3 is 2.60 bits per heavy atom. The van der Waals surface area contributed by atoms with Crippen LogP contribution in [0, 0.1) is 5.92 Å². The number of benzene rings is 1. The molecule has 0 aromatic heterocycles. The van der Waals surface area contributed by atoms with Crippen molar-refractivity contribution in [2.75, 3.05) is 19.4 Å². The Hall–Kier alpha value is -0.670. The van der Waals surface area contributed by atoms with Crippen molar-refractivity contribution in [2.24, 2.45) is 5.92 Å². The first-order chi connectivity index (χ1) is 9.63. The topological polar surface area (TPSA) is 21.3 Å². The van der Waals surface area contributed by atoms with Crippen molar-refractivity contribution >= 4 is 11.8 Å². The summed E-state index contributed by atoms with van der Waals surface area (Å²) >= 11 is 1.95. The molecule has 2 nitrogen and oxygen atoms in total. The van der Waals surface area contributed by atoms with Gasteiger partial charge in [0.1, 0.15) is 5.75 Å². The van der Waals surface area contributed by atoms with Crippen molar-refractivity contribution in [3.63, 3.8) is 0 Å². The standard InChI is InChI=1S/C17H29NOS/c1-6-11-18-14(4)17-15(19-5)9-8-10-16(17)20-12-13(3)7-2/h8-10,13-14,18H,6-7,11-12H2,1-5H3. The smallest absolute Gasteiger partial charge is 0.124 e. The largest absolute Gasteiger partial charge is 0.496 e. The van der Waals surface area contributed by atoms with Gasteiger partial charge in [0.15, 0.2) is 0 Å². The Morgan fingerprint density at radius 1 is 1.25 bits per heavy atom. The lowest BCUT2D eigenvalue weighted by Crippen LogP contribution is -2.20. The lowest BCUT2D eigenvalue weighted by Gasteiger charge is -2.21. The molecular formula is C17H29NOS. The van der Waals surface area contributed by atoms with Gasteiger partial charge in [0, 0.05) is 22.3 Å². The summed E-state index contributed by atoms with van der Waals surface area (Å²) in [5, 5.41) is 3.57. The van der Waals surface area contributed by atoms with E-state index in [1.807, 2.05) is 11.8 Å². The van der Waals surface area contributed by atoms with E-state index in [2.05, 4.69) is 51.2 Å². The highest BCUT2D eigenvalue weighted by Gasteiger charge is 2.16. The maximum absolute atomic E-state index is 5.57. The van der Waals surface area contributed by atoms with E-state index in [9.17, 15) is 0 Å². The SMILES string of the molecule is CCCNC(C)c1c(OC)cccc1SCC(C)CC. The molecule has 0 fully saturated rings. The van der Waals surface area contributed by atoms with E-state index in [1.165, 1.54) is 16.9 Å². The highest BCUT2D eigenvalue weighted by atomic mass is 32.2. The van der Waals surface area contributed by atoms with Crippen LogP contribution in [0.5, 0.6) is 5.75 Å². The van der Waals surface area contributed by atoms with Gasteiger partial charge in [-0.15, -0.1) is 11.8 Å². The fourth-order valence-electron chi connectivity index (χ4n) is 2.07. The molecule has 0 amide bonds. The Morgan fingerprint density at radius 2 is 2.00 bits per heavy atom. The van der Waals surface area contributed by atoms with Crippen LogP contribution in [-0.4, -0.2) is 19.4 Å². The molecule has 2 atom stereocenters. The minimum atomic E-state index is 0.325. The molecule has 0 heterocycles. The van der Waals surface area contributed by atoms with E-state index in [-0.39, 0.29) is 0 Å². The monoisotopic (exact) mass is 295 g/mol. The predicted molar refractivity (Wildman–Crippen MR) is 89.9 cm³/mol. The lowest BCUT2D eigenvalue weighted by atomic mass is 10.1. The third-order valence-corrected chi connectivity index (χ3v) is 5.00. The van der Waals surface area contributed by atoms with E-state index in [1.54, 1.807) is 7.11 Å². The number of thioether (sulfide) groups is 1. The molecule has 0 aliphatic heterocycles. The second kappa shape index (κ2) is 9.30. The van der Waals surface area contributed by atoms with Gasteiger partial charge in [0.05, 0.1) is 7.11 Å². The van der Waals surface area contributed by atoms with Crippen molar-refractivity contribution in [1.82, 2.24) is 5.32 Å². The average Bonchev–Trinajstić information content (AvgIpc) is 2.49. The zero-order valence-electron chi connectivity index (χ0n) is 13.5. The first kappa shape index (κ1) is 17.4. The van der Waals surface area contributed by atoms with Crippen LogP contribution in [0.2, 0.25) is 0 Å². The Balaban J connectivity index is 2.91. The zero-order chi connectivity index (χ0) is 15.0. The Bertz CT molecular complexity index is 395. The Labute approximate surface area is 128 Å². The number of rotatable bonds is 9. The number of hydrogen-bond donors (Lipinski definition) is 1. The molecule has 20 heavy (non-hydrogen) atoms. The van der Waals surface area contributed by atoms with Crippen LogP contribution in [0.3, 0.4) is 0 Å². The van der Waals surface area contributed by atoms with Crippen LogP contribution in [-0.2, 0) is 0 Å². The molecule has 0 bridgehead atoms. The summed E-state index contributed by atoms with van der Waals surface area (Å²) in [4.78, 5) is 1.35. The summed E-state index contributed by atoms with van der Waals surface area (Å²) in [6, 6.07) is 6.70. The van der Waals surface area contributed by atoms with Gasteiger partial charge in [-0.05, 0) is 37.9 Å². The third-order valence-electron chi connectivity index (χ3n) is 3.60. The van der Waals surface area contributed by atoms with Crippen LogP contribution in [0.15, 0.2) is 23.1 Å². The third kappa shape index (κ3) is 5.02. The molecule has 1 N–H and O–H groups in total. The summed E-state index contributed by atoms with van der Waals surface area (Å²) in [6.45, 7) is 10.0. The summed E-state index contributed by atoms with van der Waals surface area (Å²) in [6.07, 6.45) is 2.38. The summed E-state index contributed by atoms with van der Waals surface area (Å²) in [7, 11) is 1.76. The molecule has 0 aliphatic rings. The molecule has 2 unspecified atom stereocenters. The molecule has 1 rings (SSSR count). The zero-order valence-corrected chi connectivity index (χ0v) is 14.3. The fraction of sp³-hybridized carbons (Fsp3) is 0.647. The molecule has 0 radical (unpaired) electrons. The van der Waals surface area contributed by atoms with Crippen molar-refractivity contribution in [3.05, 3.63) is 23.8 Å². The van der Waals surface area contributed by atoms with E-state index in [4.69, 9.17) is 4.74 Å². The van der Waals surface area contributed by atoms with Crippen molar-refractivity contribution < 1.29 is 4.74 Å². The molecule has 1 aromatic rings. The quantitative estimate of drug-likeness (QED) is 0.655. The molecular weight excluding hydrogens is 266 g/mol. The van der Waals surface area contributed by atoms with E-state index in [0.29, 0.717) is 6.04 Å². The Kier molecular flexibility index (Phi) is 8.08. The maximum atomic E-state index is 5.57. The minimum absolute atomic E-state index is 0.325. The van der Waals surface area contributed by atoms with Gasteiger partial charge in [-0.25, -0.2) is 0 Å². The van der Waals surface area contributed by atoms with Crippen LogP contribution in [0.25, 0.3) is 0 Å². The van der Waals surface area contributed by atoms with Crippen LogP contribution in [0.4, 0.5) is 0 Å². The second-order valence-corrected chi connectivity index (χ2v) is 6.43. The van der Waals surface area contributed by atoms with Crippen LogP contribution < -0.4 is 10.1 Å². The van der Waals surface area contributed by atoms with E-state index in [0.717, 1.165) is 30.4 Å². The lowest BCUT2D eigenvalue weighted by molar-refractivity contribution is 0.399. The van der Waals surface area contributed by atoms with Gasteiger partial charge in [0.25, 0.3) is 0 Å². The predicted octanol–water partition coefficient (Wildman–Crippen LogP) is 4.89. The molecule has 3 heteroatoms. The number of hydrogen-bond acceptors (Lipinski definition) is 3. The van der Waals surface area contributed by atoms with Gasteiger partial charge in [0.2, 0.25) is 0 Å². The highest BCUT2D eigenvalue weighted by Crippen LogP contribution is 2.35. The van der Waals surface area contributed by atoms with E-state index >= 15 is 0 Å². The summed E-state index contributed by atoms with van der Waals surface area (Å²) in [5.74, 6) is 2.91. The summed E-state index contributed by atoms with van der Waals surface area (Å²) in [5.41, 5.74) is 1.30. The number of ether oxygens (including phenoxy) is 1. The van der Waals surface area contributed by atoms with Gasteiger partial charge in [-0.1, -0.05) is 33.3 Å². The maximum Gasteiger partial charge on any atom is 0.124 e. The van der Waals surface area contributed by atoms with Crippen molar-refractivity contribution in [1.29, 1.82) is 0 Å².